The van der Waals surface area contributed by atoms with Crippen molar-refractivity contribution in [3.8, 4) is 0 Å². The summed E-state index contributed by atoms with van der Waals surface area (Å²) in [5.74, 6) is 0.881. The van der Waals surface area contributed by atoms with Gasteiger partial charge in [-0.25, -0.2) is 0 Å². The highest BCUT2D eigenvalue weighted by molar-refractivity contribution is 5.82. The molecule has 11 heavy (non-hydrogen) atoms. The Kier molecular flexibility index (Phi) is 1.95. The highest BCUT2D eigenvalue weighted by Crippen LogP contribution is 2.27. The molecule has 0 aromatic rings. The Hall–Kier alpha value is -0.370. The zero-order valence-corrected chi connectivity index (χ0v) is 6.81. The molecule has 0 amide bonds. The molecule has 1 saturated heterocycles. The van der Waals surface area contributed by atoms with Gasteiger partial charge in [-0.2, -0.15) is 0 Å². The molecule has 0 spiro atoms. The molecule has 2 rings (SSSR count). The normalized spacial score (nSPS) is 38.4. The highest BCUT2D eigenvalue weighted by Gasteiger charge is 2.32. The van der Waals surface area contributed by atoms with Gasteiger partial charge < -0.3 is 5.32 Å². The van der Waals surface area contributed by atoms with Crippen molar-refractivity contribution in [3.05, 3.63) is 0 Å². The quantitative estimate of drug-likeness (QED) is 0.564. The fraction of sp³-hybridized carbons (Fsp3) is 0.889. The van der Waals surface area contributed by atoms with Gasteiger partial charge >= 0.3 is 0 Å². The first-order valence-electron chi connectivity index (χ1n) is 4.64. The van der Waals surface area contributed by atoms with Crippen LogP contribution < -0.4 is 5.32 Å². The van der Waals surface area contributed by atoms with Crippen LogP contribution in [0, 0.1) is 5.92 Å². The summed E-state index contributed by atoms with van der Waals surface area (Å²) in [6, 6.07) is 0.532. The van der Waals surface area contributed by atoms with Crippen LogP contribution in [0.5, 0.6) is 0 Å². The Morgan fingerprint density at radius 3 is 3.00 bits per heavy atom. The molecule has 2 heteroatoms. The van der Waals surface area contributed by atoms with E-state index in [0.717, 1.165) is 25.8 Å². The fourth-order valence-electron chi connectivity index (χ4n) is 2.32. The third kappa shape index (κ3) is 1.32. The molecular weight excluding hydrogens is 138 g/mol. The van der Waals surface area contributed by atoms with Crippen LogP contribution in [0.4, 0.5) is 0 Å². The van der Waals surface area contributed by atoms with Crippen LogP contribution in [0.15, 0.2) is 0 Å². The number of nitrogens with one attached hydrogen (secondary N) is 1. The van der Waals surface area contributed by atoms with E-state index in [9.17, 15) is 4.79 Å². The van der Waals surface area contributed by atoms with E-state index in [1.165, 1.54) is 12.8 Å². The molecule has 2 fully saturated rings. The largest absolute Gasteiger partial charge is 0.313 e. The maximum Gasteiger partial charge on any atom is 0.137 e. The summed E-state index contributed by atoms with van der Waals surface area (Å²) in [7, 11) is 0. The first-order valence-corrected chi connectivity index (χ1v) is 4.64. The minimum Gasteiger partial charge on any atom is -0.313 e. The van der Waals surface area contributed by atoms with E-state index < -0.39 is 0 Å². The minimum atomic E-state index is 0.373. The first kappa shape index (κ1) is 7.29. The van der Waals surface area contributed by atoms with Crippen LogP contribution in [-0.2, 0) is 4.79 Å². The average molecular weight is 153 g/mol. The van der Waals surface area contributed by atoms with Crippen LogP contribution in [0.25, 0.3) is 0 Å². The van der Waals surface area contributed by atoms with Crippen molar-refractivity contribution in [1.29, 1.82) is 0 Å². The first-order chi connectivity index (χ1) is 5.38. The summed E-state index contributed by atoms with van der Waals surface area (Å²) in [4.78, 5) is 11.4. The summed E-state index contributed by atoms with van der Waals surface area (Å²) in [5, 5.41) is 3.43. The second kappa shape index (κ2) is 2.94. The lowest BCUT2D eigenvalue weighted by molar-refractivity contribution is -0.126. The van der Waals surface area contributed by atoms with Gasteiger partial charge in [0.05, 0.1) is 0 Å². The van der Waals surface area contributed by atoms with Gasteiger partial charge in [0.15, 0.2) is 0 Å². The summed E-state index contributed by atoms with van der Waals surface area (Å²) >= 11 is 0. The standard InChI is InChI=1S/C9H15NO/c11-9-5-1-4-8-7(9)3-2-6-10-8/h7-8,10H,1-6H2. The molecule has 2 unspecified atom stereocenters. The van der Waals surface area contributed by atoms with Gasteiger partial charge in [0.25, 0.3) is 0 Å². The molecule has 0 bridgehead atoms. The molecule has 1 aliphatic carbocycles. The predicted molar refractivity (Wildman–Crippen MR) is 43.4 cm³/mol. The van der Waals surface area contributed by atoms with Crippen molar-refractivity contribution in [3.63, 3.8) is 0 Å². The van der Waals surface area contributed by atoms with Crippen LogP contribution in [0.1, 0.15) is 32.1 Å². The third-order valence-corrected chi connectivity index (χ3v) is 2.94. The van der Waals surface area contributed by atoms with E-state index in [4.69, 9.17) is 0 Å². The zero-order valence-electron chi connectivity index (χ0n) is 6.81. The van der Waals surface area contributed by atoms with E-state index in [2.05, 4.69) is 5.32 Å². The fourth-order valence-corrected chi connectivity index (χ4v) is 2.32. The number of piperidine rings is 1. The third-order valence-electron chi connectivity index (χ3n) is 2.94. The lowest BCUT2D eigenvalue weighted by Gasteiger charge is -2.34. The SMILES string of the molecule is O=C1CCCC2NCCCC12. The summed E-state index contributed by atoms with van der Waals surface area (Å²) < 4.78 is 0. The molecule has 2 nitrogen and oxygen atoms in total. The molecule has 0 aromatic carbocycles. The van der Waals surface area contributed by atoms with E-state index in [1.54, 1.807) is 0 Å². The van der Waals surface area contributed by atoms with E-state index in [0.29, 0.717) is 17.7 Å². The van der Waals surface area contributed by atoms with E-state index >= 15 is 0 Å². The summed E-state index contributed by atoms with van der Waals surface area (Å²) in [6.45, 7) is 1.12. The monoisotopic (exact) mass is 153 g/mol. The Labute approximate surface area is 67.4 Å². The van der Waals surface area contributed by atoms with Crippen LogP contribution in [0.3, 0.4) is 0 Å². The Morgan fingerprint density at radius 2 is 2.18 bits per heavy atom. The van der Waals surface area contributed by atoms with Crippen LogP contribution >= 0.6 is 0 Å². The highest BCUT2D eigenvalue weighted by atomic mass is 16.1. The number of hydrogen-bond acceptors (Lipinski definition) is 2. The molecule has 1 aliphatic heterocycles. The molecule has 2 aliphatic rings. The number of ketones is 1. The number of carbonyl (C=O) groups is 1. The van der Waals surface area contributed by atoms with Gasteiger partial charge in [0.2, 0.25) is 0 Å². The van der Waals surface area contributed by atoms with Gasteiger partial charge in [-0.15, -0.1) is 0 Å². The summed E-state index contributed by atoms with van der Waals surface area (Å²) in [5.41, 5.74) is 0. The lowest BCUT2D eigenvalue weighted by atomic mass is 9.79. The Bertz CT molecular complexity index is 165. The van der Waals surface area contributed by atoms with Crippen molar-refractivity contribution in [2.24, 2.45) is 5.92 Å². The molecule has 0 radical (unpaired) electrons. The molecule has 1 N–H and O–H groups in total. The van der Waals surface area contributed by atoms with Crippen LogP contribution in [-0.4, -0.2) is 18.4 Å². The molecular formula is C9H15NO. The number of rotatable bonds is 0. The summed E-state index contributed by atoms with van der Waals surface area (Å²) in [6.07, 6.45) is 5.48. The molecule has 1 saturated carbocycles. The molecule has 62 valence electrons. The molecule has 2 atom stereocenters. The topological polar surface area (TPSA) is 29.1 Å². The number of hydrogen-bond donors (Lipinski definition) is 1. The van der Waals surface area contributed by atoms with Gasteiger partial charge in [-0.3, -0.25) is 4.79 Å². The number of fused-ring (bicyclic) bond motifs is 1. The smallest absolute Gasteiger partial charge is 0.137 e. The molecule has 1 heterocycles. The average Bonchev–Trinajstić information content (AvgIpc) is 2.06. The zero-order chi connectivity index (χ0) is 7.68. The molecule has 0 aromatic heterocycles. The van der Waals surface area contributed by atoms with Crippen molar-refractivity contribution in [2.45, 2.75) is 38.1 Å². The second-order valence-electron chi connectivity index (χ2n) is 3.67. The van der Waals surface area contributed by atoms with Crippen molar-refractivity contribution >= 4 is 5.78 Å². The minimum absolute atomic E-state index is 0.373. The predicted octanol–water partition coefficient (Wildman–Crippen LogP) is 1.11. The van der Waals surface area contributed by atoms with Gasteiger partial charge in [-0.05, 0) is 32.2 Å². The Morgan fingerprint density at radius 1 is 1.27 bits per heavy atom. The van der Waals surface area contributed by atoms with Crippen LogP contribution in [0.2, 0.25) is 0 Å². The number of Topliss-reactive ketones (excluding diaryl/α,β-unsaturated/α-hetero) is 1. The van der Waals surface area contributed by atoms with Crippen molar-refractivity contribution in [1.82, 2.24) is 5.32 Å². The van der Waals surface area contributed by atoms with Crippen molar-refractivity contribution < 1.29 is 4.79 Å². The van der Waals surface area contributed by atoms with Gasteiger partial charge in [-0.1, -0.05) is 0 Å². The van der Waals surface area contributed by atoms with E-state index in [-0.39, 0.29) is 0 Å². The lowest BCUT2D eigenvalue weighted by Crippen LogP contribution is -2.46. The van der Waals surface area contributed by atoms with Gasteiger partial charge in [0, 0.05) is 18.4 Å². The van der Waals surface area contributed by atoms with Crippen molar-refractivity contribution in [2.75, 3.05) is 6.54 Å². The van der Waals surface area contributed by atoms with E-state index in [1.807, 2.05) is 0 Å². The number of carbonyl (C=O) groups excluding carboxylic acids is 1. The second-order valence-corrected chi connectivity index (χ2v) is 3.67. The Balaban J connectivity index is 2.05. The maximum absolute atomic E-state index is 11.4. The maximum atomic E-state index is 11.4. The van der Waals surface area contributed by atoms with Gasteiger partial charge in [0.1, 0.15) is 5.78 Å².